The average Bonchev–Trinajstić information content (AvgIpc) is 2.52. The van der Waals surface area contributed by atoms with Crippen molar-refractivity contribution in [2.75, 3.05) is 10.8 Å². The maximum Gasteiger partial charge on any atom is 0.275 e. The first-order chi connectivity index (χ1) is 8.38. The standard InChI is InChI=1S/C10H11ClN2O4S/c1-2-5-12-10-7(6-18(12,16)17)9(13(14)15)4-3-8(10)11/h3-4H,2,5-6H2,1H3. The summed E-state index contributed by atoms with van der Waals surface area (Å²) in [6.45, 7) is 2.11. The number of sulfonamides is 1. The van der Waals surface area contributed by atoms with Crippen LogP contribution in [0.2, 0.25) is 5.02 Å². The summed E-state index contributed by atoms with van der Waals surface area (Å²) in [6.07, 6.45) is 0.609. The van der Waals surface area contributed by atoms with Crippen LogP contribution in [0, 0.1) is 10.1 Å². The highest BCUT2D eigenvalue weighted by atomic mass is 35.5. The van der Waals surface area contributed by atoms with Gasteiger partial charge in [-0.15, -0.1) is 0 Å². The van der Waals surface area contributed by atoms with Gasteiger partial charge in [0.05, 0.1) is 21.2 Å². The quantitative estimate of drug-likeness (QED) is 0.632. The summed E-state index contributed by atoms with van der Waals surface area (Å²) in [6, 6.07) is 2.61. The van der Waals surface area contributed by atoms with Gasteiger partial charge in [-0.3, -0.25) is 14.4 Å². The number of hydrogen-bond acceptors (Lipinski definition) is 4. The van der Waals surface area contributed by atoms with E-state index in [1.165, 1.54) is 12.1 Å². The Morgan fingerprint density at radius 1 is 1.50 bits per heavy atom. The van der Waals surface area contributed by atoms with Crippen LogP contribution in [-0.2, 0) is 15.8 Å². The molecule has 8 heteroatoms. The van der Waals surface area contributed by atoms with Crippen LogP contribution < -0.4 is 4.31 Å². The van der Waals surface area contributed by atoms with Crippen molar-refractivity contribution < 1.29 is 13.3 Å². The van der Waals surface area contributed by atoms with E-state index in [4.69, 9.17) is 11.6 Å². The molecule has 0 aromatic heterocycles. The second kappa shape index (κ2) is 4.40. The summed E-state index contributed by atoms with van der Waals surface area (Å²) in [7, 11) is -3.54. The summed E-state index contributed by atoms with van der Waals surface area (Å²) in [5, 5.41) is 11.1. The van der Waals surface area contributed by atoms with Crippen LogP contribution in [0.15, 0.2) is 12.1 Å². The molecule has 0 amide bonds. The van der Waals surface area contributed by atoms with Gasteiger partial charge in [0, 0.05) is 12.6 Å². The topological polar surface area (TPSA) is 80.5 Å². The van der Waals surface area contributed by atoms with Crippen LogP contribution in [0.4, 0.5) is 11.4 Å². The monoisotopic (exact) mass is 290 g/mol. The molecule has 0 saturated heterocycles. The van der Waals surface area contributed by atoms with Gasteiger partial charge in [0.1, 0.15) is 5.75 Å². The fourth-order valence-electron chi connectivity index (χ4n) is 2.03. The largest absolute Gasteiger partial charge is 0.275 e. The van der Waals surface area contributed by atoms with Crippen LogP contribution in [-0.4, -0.2) is 19.9 Å². The van der Waals surface area contributed by atoms with Crippen molar-refractivity contribution >= 4 is 33.0 Å². The van der Waals surface area contributed by atoms with E-state index in [-0.39, 0.29) is 34.3 Å². The van der Waals surface area contributed by atoms with E-state index in [2.05, 4.69) is 0 Å². The van der Waals surface area contributed by atoms with Gasteiger partial charge in [-0.05, 0) is 12.5 Å². The minimum absolute atomic E-state index is 0.181. The number of nitrogens with zero attached hydrogens (tertiary/aromatic N) is 2. The Morgan fingerprint density at radius 2 is 2.17 bits per heavy atom. The van der Waals surface area contributed by atoms with Gasteiger partial charge in [0.25, 0.3) is 5.69 Å². The predicted octanol–water partition coefficient (Wildman–Crippen LogP) is 2.31. The molecule has 0 radical (unpaired) electrons. The maximum atomic E-state index is 12.0. The SMILES string of the molecule is CCCN1c2c(Cl)ccc([N+](=O)[O-])c2CS1(=O)=O. The van der Waals surface area contributed by atoms with Crippen LogP contribution in [0.25, 0.3) is 0 Å². The lowest BCUT2D eigenvalue weighted by Gasteiger charge is -2.18. The van der Waals surface area contributed by atoms with E-state index in [1.807, 2.05) is 6.92 Å². The molecule has 0 N–H and O–H groups in total. The maximum absolute atomic E-state index is 12.0. The number of hydrogen-bond donors (Lipinski definition) is 0. The fourth-order valence-corrected chi connectivity index (χ4v) is 4.12. The van der Waals surface area contributed by atoms with Crippen molar-refractivity contribution in [2.24, 2.45) is 0 Å². The Labute approximate surface area is 109 Å². The first kappa shape index (κ1) is 13.1. The minimum Gasteiger partial charge on any atom is -0.268 e. The summed E-state index contributed by atoms with van der Waals surface area (Å²) in [5.41, 5.74) is 0.241. The molecule has 1 heterocycles. The first-order valence-electron chi connectivity index (χ1n) is 5.34. The molecule has 0 bridgehead atoms. The highest BCUT2D eigenvalue weighted by molar-refractivity contribution is 7.92. The number of halogens is 1. The predicted molar refractivity (Wildman–Crippen MR) is 68.4 cm³/mol. The first-order valence-corrected chi connectivity index (χ1v) is 7.33. The number of nitro groups is 1. The average molecular weight is 291 g/mol. The molecule has 0 unspecified atom stereocenters. The van der Waals surface area contributed by atoms with Crippen LogP contribution in [0.3, 0.4) is 0 Å². The lowest BCUT2D eigenvalue weighted by Crippen LogP contribution is -2.27. The van der Waals surface area contributed by atoms with Crippen molar-refractivity contribution in [3.63, 3.8) is 0 Å². The van der Waals surface area contributed by atoms with E-state index in [9.17, 15) is 18.5 Å². The van der Waals surface area contributed by atoms with Crippen molar-refractivity contribution in [3.05, 3.63) is 32.8 Å². The lowest BCUT2D eigenvalue weighted by molar-refractivity contribution is -0.385. The van der Waals surface area contributed by atoms with E-state index in [0.717, 1.165) is 4.31 Å². The number of fused-ring (bicyclic) bond motifs is 1. The molecule has 0 spiro atoms. The Hall–Kier alpha value is -1.34. The summed E-state index contributed by atoms with van der Waals surface area (Å²) >= 11 is 5.98. The Balaban J connectivity index is 2.68. The van der Waals surface area contributed by atoms with Gasteiger partial charge in [0.2, 0.25) is 10.0 Å². The molecule has 6 nitrogen and oxygen atoms in total. The number of anilines is 1. The van der Waals surface area contributed by atoms with Gasteiger partial charge in [-0.25, -0.2) is 8.42 Å². The molecule has 18 heavy (non-hydrogen) atoms. The van der Waals surface area contributed by atoms with Gasteiger partial charge in [-0.1, -0.05) is 18.5 Å². The van der Waals surface area contributed by atoms with Crippen molar-refractivity contribution in [1.82, 2.24) is 0 Å². The van der Waals surface area contributed by atoms with Gasteiger partial charge in [-0.2, -0.15) is 0 Å². The lowest BCUT2D eigenvalue weighted by atomic mass is 10.1. The molecule has 1 aromatic carbocycles. The highest BCUT2D eigenvalue weighted by Gasteiger charge is 2.39. The normalized spacial score (nSPS) is 16.7. The molecule has 0 fully saturated rings. The molecule has 1 aliphatic rings. The van der Waals surface area contributed by atoms with E-state index >= 15 is 0 Å². The molecular weight excluding hydrogens is 280 g/mol. The van der Waals surface area contributed by atoms with E-state index < -0.39 is 14.9 Å². The van der Waals surface area contributed by atoms with Crippen molar-refractivity contribution in [2.45, 2.75) is 19.1 Å². The van der Waals surface area contributed by atoms with Crippen molar-refractivity contribution in [1.29, 1.82) is 0 Å². The summed E-state index contributed by atoms with van der Waals surface area (Å²) < 4.78 is 25.1. The Morgan fingerprint density at radius 3 is 2.72 bits per heavy atom. The summed E-state index contributed by atoms with van der Waals surface area (Å²) in [4.78, 5) is 10.3. The minimum atomic E-state index is -3.54. The van der Waals surface area contributed by atoms with E-state index in [0.29, 0.717) is 6.42 Å². The van der Waals surface area contributed by atoms with E-state index in [1.54, 1.807) is 0 Å². The number of benzene rings is 1. The zero-order chi connectivity index (χ0) is 13.5. The molecule has 1 aliphatic heterocycles. The fraction of sp³-hybridized carbons (Fsp3) is 0.400. The molecule has 1 aromatic rings. The van der Waals surface area contributed by atoms with Gasteiger partial charge < -0.3 is 0 Å². The third-order valence-electron chi connectivity index (χ3n) is 2.74. The Kier molecular flexibility index (Phi) is 3.20. The second-order valence-corrected chi connectivity index (χ2v) is 6.28. The van der Waals surface area contributed by atoms with Crippen LogP contribution in [0.5, 0.6) is 0 Å². The molecule has 0 aliphatic carbocycles. The number of rotatable bonds is 3. The molecule has 0 saturated carbocycles. The van der Waals surface area contributed by atoms with Gasteiger partial charge >= 0.3 is 0 Å². The molecule has 0 atom stereocenters. The Bertz CT molecular complexity index is 615. The van der Waals surface area contributed by atoms with Crippen molar-refractivity contribution in [3.8, 4) is 0 Å². The molecule has 2 rings (SSSR count). The third kappa shape index (κ3) is 1.93. The van der Waals surface area contributed by atoms with Gasteiger partial charge in [0.15, 0.2) is 0 Å². The molecular formula is C10H11ClN2O4S. The summed E-state index contributed by atoms with van der Waals surface area (Å²) in [5.74, 6) is -0.362. The number of nitro benzene ring substituents is 1. The highest BCUT2D eigenvalue weighted by Crippen LogP contribution is 2.43. The third-order valence-corrected chi connectivity index (χ3v) is 4.74. The van der Waals surface area contributed by atoms with Crippen LogP contribution >= 0.6 is 11.6 Å². The van der Waals surface area contributed by atoms with Crippen LogP contribution in [0.1, 0.15) is 18.9 Å². The zero-order valence-corrected chi connectivity index (χ0v) is 11.2. The zero-order valence-electron chi connectivity index (χ0n) is 9.59. The molecule has 98 valence electrons. The smallest absolute Gasteiger partial charge is 0.268 e. The second-order valence-electron chi connectivity index (χ2n) is 3.98.